The normalized spacial score (nSPS) is 12.2. The maximum absolute atomic E-state index is 6.23. The van der Waals surface area contributed by atoms with E-state index in [4.69, 9.17) is 11.6 Å². The summed E-state index contributed by atoms with van der Waals surface area (Å²) in [5.74, 6) is 0. The zero-order valence-electron chi connectivity index (χ0n) is 12.8. The molecule has 112 valence electrons. The summed E-state index contributed by atoms with van der Waals surface area (Å²) in [6.07, 6.45) is 4.35. The third-order valence-electron chi connectivity index (χ3n) is 3.54. The molecule has 1 atom stereocenters. The highest BCUT2D eigenvalue weighted by atomic mass is 35.5. The molecule has 0 aliphatic rings. The number of nitrogens with zero attached hydrogens (tertiary/aromatic N) is 2. The summed E-state index contributed by atoms with van der Waals surface area (Å²) in [5, 5.41) is 4.26. The summed E-state index contributed by atoms with van der Waals surface area (Å²) >= 11 is 6.23. The van der Waals surface area contributed by atoms with Crippen LogP contribution in [0.5, 0.6) is 0 Å². The molecule has 1 aromatic carbocycles. The van der Waals surface area contributed by atoms with Crippen LogP contribution in [0, 0.1) is 0 Å². The van der Waals surface area contributed by atoms with Gasteiger partial charge in [0.25, 0.3) is 0 Å². The molecular formula is C17H22ClN3. The lowest BCUT2D eigenvalue weighted by Crippen LogP contribution is -2.23. The third kappa shape index (κ3) is 4.19. The molecule has 2 rings (SSSR count). The average Bonchev–Trinajstić information content (AvgIpc) is 2.49. The first-order valence-corrected chi connectivity index (χ1v) is 7.58. The molecule has 1 aromatic heterocycles. The Morgan fingerprint density at radius 2 is 1.90 bits per heavy atom. The molecule has 0 amide bonds. The van der Waals surface area contributed by atoms with Gasteiger partial charge in [-0.25, -0.2) is 0 Å². The van der Waals surface area contributed by atoms with Gasteiger partial charge in [0.05, 0.1) is 5.02 Å². The molecule has 0 spiro atoms. The zero-order chi connectivity index (χ0) is 15.2. The minimum absolute atomic E-state index is 0.256. The number of nitrogens with one attached hydrogen (secondary N) is 1. The summed E-state index contributed by atoms with van der Waals surface area (Å²) in [7, 11) is 4.10. The molecule has 1 heterocycles. The van der Waals surface area contributed by atoms with E-state index in [9.17, 15) is 0 Å². The molecule has 1 unspecified atom stereocenters. The number of hydrogen-bond donors (Lipinski definition) is 1. The second-order valence-electron chi connectivity index (χ2n) is 5.27. The molecule has 0 saturated carbocycles. The number of hydrogen-bond acceptors (Lipinski definition) is 3. The highest BCUT2D eigenvalue weighted by Crippen LogP contribution is 2.24. The van der Waals surface area contributed by atoms with Crippen molar-refractivity contribution < 1.29 is 0 Å². The van der Waals surface area contributed by atoms with Crippen LogP contribution in [0.4, 0.5) is 5.69 Å². The van der Waals surface area contributed by atoms with Crippen molar-refractivity contribution >= 4 is 17.3 Å². The fourth-order valence-electron chi connectivity index (χ4n) is 2.35. The number of anilines is 1. The van der Waals surface area contributed by atoms with Crippen molar-refractivity contribution in [2.75, 3.05) is 25.5 Å². The van der Waals surface area contributed by atoms with E-state index in [1.807, 2.05) is 20.2 Å². The molecular weight excluding hydrogens is 282 g/mol. The van der Waals surface area contributed by atoms with Crippen LogP contribution in [0.1, 0.15) is 24.1 Å². The van der Waals surface area contributed by atoms with Crippen LogP contribution >= 0.6 is 11.6 Å². The highest BCUT2D eigenvalue weighted by Gasteiger charge is 2.13. The lowest BCUT2D eigenvalue weighted by molar-refractivity contribution is 0.549. The molecule has 3 nitrogen and oxygen atoms in total. The Morgan fingerprint density at radius 3 is 2.48 bits per heavy atom. The van der Waals surface area contributed by atoms with Crippen molar-refractivity contribution in [2.45, 2.75) is 19.4 Å². The monoisotopic (exact) mass is 303 g/mol. The molecule has 21 heavy (non-hydrogen) atoms. The summed E-state index contributed by atoms with van der Waals surface area (Å²) in [5.41, 5.74) is 3.60. The van der Waals surface area contributed by atoms with Gasteiger partial charge in [-0.05, 0) is 42.3 Å². The van der Waals surface area contributed by atoms with Crippen molar-refractivity contribution in [1.82, 2.24) is 10.3 Å². The number of aromatic nitrogens is 1. The van der Waals surface area contributed by atoms with E-state index >= 15 is 0 Å². The van der Waals surface area contributed by atoms with E-state index in [0.717, 1.165) is 23.6 Å². The predicted octanol–water partition coefficient (Wildman–Crippen LogP) is 3.69. The number of halogens is 1. The Labute approximate surface area is 132 Å². The van der Waals surface area contributed by atoms with Gasteiger partial charge in [-0.15, -0.1) is 0 Å². The first-order valence-electron chi connectivity index (χ1n) is 7.21. The smallest absolute Gasteiger partial charge is 0.0622 e. The fourth-order valence-corrected chi connectivity index (χ4v) is 2.54. The first-order chi connectivity index (χ1) is 10.1. The SMILES string of the molecule is CCNC(Cc1ccncc1Cl)c1ccc(N(C)C)cc1. The maximum Gasteiger partial charge on any atom is 0.0622 e. The number of likely N-dealkylation sites (N-methyl/N-ethyl adjacent to an activating group) is 1. The molecule has 4 heteroatoms. The summed E-state index contributed by atoms with van der Waals surface area (Å²) < 4.78 is 0. The Kier molecular flexibility index (Phi) is 5.59. The Morgan fingerprint density at radius 1 is 1.19 bits per heavy atom. The Hall–Kier alpha value is -1.58. The van der Waals surface area contributed by atoms with Gasteiger partial charge in [-0.1, -0.05) is 30.7 Å². The lowest BCUT2D eigenvalue weighted by atomic mass is 9.99. The quantitative estimate of drug-likeness (QED) is 0.882. The van der Waals surface area contributed by atoms with Gasteiger partial charge in [0.2, 0.25) is 0 Å². The van der Waals surface area contributed by atoms with Crippen LogP contribution < -0.4 is 10.2 Å². The Bertz CT molecular complexity index is 567. The van der Waals surface area contributed by atoms with E-state index < -0.39 is 0 Å². The summed E-state index contributed by atoms with van der Waals surface area (Å²) in [6.45, 7) is 3.04. The predicted molar refractivity (Wildman–Crippen MR) is 90.1 cm³/mol. The molecule has 2 aromatic rings. The van der Waals surface area contributed by atoms with Crippen molar-refractivity contribution in [3.05, 3.63) is 58.9 Å². The molecule has 0 aliphatic heterocycles. The molecule has 0 radical (unpaired) electrons. The van der Waals surface area contributed by atoms with Crippen LogP contribution in [-0.4, -0.2) is 25.6 Å². The van der Waals surface area contributed by atoms with Gasteiger partial charge in [0.1, 0.15) is 0 Å². The highest BCUT2D eigenvalue weighted by molar-refractivity contribution is 6.31. The number of rotatable bonds is 6. The number of benzene rings is 1. The van der Waals surface area contributed by atoms with Crippen LogP contribution in [0.15, 0.2) is 42.7 Å². The van der Waals surface area contributed by atoms with E-state index in [-0.39, 0.29) is 6.04 Å². The standard InChI is InChI=1S/C17H22ClN3/c1-4-20-17(11-14-9-10-19-12-16(14)18)13-5-7-15(8-6-13)21(2)3/h5-10,12,17,20H,4,11H2,1-3H3. The minimum Gasteiger partial charge on any atom is -0.378 e. The van der Waals surface area contributed by atoms with E-state index in [2.05, 4.69) is 46.4 Å². The first kappa shape index (κ1) is 15.8. The molecule has 0 bridgehead atoms. The molecule has 0 fully saturated rings. The average molecular weight is 304 g/mol. The van der Waals surface area contributed by atoms with Gasteiger partial charge < -0.3 is 10.2 Å². The van der Waals surface area contributed by atoms with Gasteiger partial charge in [0.15, 0.2) is 0 Å². The lowest BCUT2D eigenvalue weighted by Gasteiger charge is -2.20. The van der Waals surface area contributed by atoms with Crippen molar-refractivity contribution in [2.24, 2.45) is 0 Å². The maximum atomic E-state index is 6.23. The fraction of sp³-hybridized carbons (Fsp3) is 0.353. The molecule has 0 aliphatic carbocycles. The van der Waals surface area contributed by atoms with Gasteiger partial charge in [0, 0.05) is 38.2 Å². The Balaban J connectivity index is 2.20. The molecule has 0 saturated heterocycles. The number of pyridine rings is 1. The van der Waals surface area contributed by atoms with Crippen LogP contribution in [0.3, 0.4) is 0 Å². The van der Waals surface area contributed by atoms with E-state index in [0.29, 0.717) is 0 Å². The summed E-state index contributed by atoms with van der Waals surface area (Å²) in [4.78, 5) is 6.15. The van der Waals surface area contributed by atoms with Crippen LogP contribution in [0.2, 0.25) is 5.02 Å². The summed E-state index contributed by atoms with van der Waals surface area (Å²) in [6, 6.07) is 10.9. The van der Waals surface area contributed by atoms with E-state index in [1.54, 1.807) is 12.4 Å². The van der Waals surface area contributed by atoms with Gasteiger partial charge >= 0.3 is 0 Å². The zero-order valence-corrected chi connectivity index (χ0v) is 13.6. The third-order valence-corrected chi connectivity index (χ3v) is 3.88. The van der Waals surface area contributed by atoms with E-state index in [1.165, 1.54) is 11.3 Å². The second kappa shape index (κ2) is 7.43. The van der Waals surface area contributed by atoms with Crippen LogP contribution in [0.25, 0.3) is 0 Å². The van der Waals surface area contributed by atoms with Crippen molar-refractivity contribution in [3.8, 4) is 0 Å². The topological polar surface area (TPSA) is 28.2 Å². The second-order valence-corrected chi connectivity index (χ2v) is 5.67. The molecule has 1 N–H and O–H groups in total. The van der Waals surface area contributed by atoms with Crippen LogP contribution in [-0.2, 0) is 6.42 Å². The van der Waals surface area contributed by atoms with Crippen molar-refractivity contribution in [1.29, 1.82) is 0 Å². The minimum atomic E-state index is 0.256. The van der Waals surface area contributed by atoms with Gasteiger partial charge in [-0.3, -0.25) is 4.98 Å². The largest absolute Gasteiger partial charge is 0.378 e. The van der Waals surface area contributed by atoms with Gasteiger partial charge in [-0.2, -0.15) is 0 Å². The van der Waals surface area contributed by atoms with Crippen molar-refractivity contribution in [3.63, 3.8) is 0 Å².